The maximum absolute atomic E-state index is 11.9. The van der Waals surface area contributed by atoms with E-state index in [-0.39, 0.29) is 12.5 Å². The van der Waals surface area contributed by atoms with E-state index in [4.69, 9.17) is 9.47 Å². The molecule has 1 N–H and O–H groups in total. The quantitative estimate of drug-likeness (QED) is 0.753. The molecule has 0 atom stereocenters. The van der Waals surface area contributed by atoms with Crippen LogP contribution in [-0.4, -0.2) is 25.9 Å². The van der Waals surface area contributed by atoms with Crippen molar-refractivity contribution in [2.24, 2.45) is 0 Å². The lowest BCUT2D eigenvalue weighted by Crippen LogP contribution is -2.28. The third kappa shape index (κ3) is 4.82. The first kappa shape index (κ1) is 17.0. The zero-order valence-corrected chi connectivity index (χ0v) is 14.1. The molecule has 0 aliphatic rings. The number of nitrogens with one attached hydrogen (secondary N) is 1. The van der Waals surface area contributed by atoms with Gasteiger partial charge in [-0.2, -0.15) is 0 Å². The molecular formula is C17H16BrNO4. The molecule has 0 fully saturated rings. The van der Waals surface area contributed by atoms with Crippen molar-refractivity contribution in [1.29, 1.82) is 0 Å². The van der Waals surface area contributed by atoms with E-state index in [0.29, 0.717) is 29.9 Å². The minimum atomic E-state index is -0.282. The Kier molecular flexibility index (Phi) is 6.17. The molecule has 0 heterocycles. The van der Waals surface area contributed by atoms with Crippen LogP contribution in [0.1, 0.15) is 15.9 Å². The lowest BCUT2D eigenvalue weighted by Gasteiger charge is -2.11. The Morgan fingerprint density at radius 2 is 2.00 bits per heavy atom. The third-order valence-electron chi connectivity index (χ3n) is 3.13. The Morgan fingerprint density at radius 1 is 1.22 bits per heavy atom. The van der Waals surface area contributed by atoms with Gasteiger partial charge < -0.3 is 14.8 Å². The average molecular weight is 378 g/mol. The van der Waals surface area contributed by atoms with Gasteiger partial charge in [0.2, 0.25) is 0 Å². The highest BCUT2D eigenvalue weighted by Gasteiger charge is 2.08. The monoisotopic (exact) mass is 377 g/mol. The lowest BCUT2D eigenvalue weighted by molar-refractivity contribution is -0.123. The standard InChI is InChI=1S/C17H16BrNO4/c1-22-15-5-3-2-4-12(15)9-19-17(21)11-23-16-7-6-14(18)8-13(16)10-20/h2-8,10H,9,11H2,1H3,(H,19,21). The second-order valence-corrected chi connectivity index (χ2v) is 5.59. The molecule has 0 aromatic heterocycles. The topological polar surface area (TPSA) is 64.6 Å². The van der Waals surface area contributed by atoms with E-state index in [0.717, 1.165) is 10.0 Å². The minimum Gasteiger partial charge on any atom is -0.496 e. The lowest BCUT2D eigenvalue weighted by atomic mass is 10.2. The second kappa shape index (κ2) is 8.33. The van der Waals surface area contributed by atoms with Crippen LogP contribution in [0.25, 0.3) is 0 Å². The number of halogens is 1. The highest BCUT2D eigenvalue weighted by atomic mass is 79.9. The smallest absolute Gasteiger partial charge is 0.258 e. The van der Waals surface area contributed by atoms with E-state index < -0.39 is 0 Å². The SMILES string of the molecule is COc1ccccc1CNC(=O)COc1ccc(Br)cc1C=O. The van der Waals surface area contributed by atoms with Crippen LogP contribution in [0.5, 0.6) is 11.5 Å². The first-order chi connectivity index (χ1) is 11.1. The highest BCUT2D eigenvalue weighted by molar-refractivity contribution is 9.10. The number of carbonyl (C=O) groups is 2. The van der Waals surface area contributed by atoms with Gasteiger partial charge in [-0.3, -0.25) is 9.59 Å². The van der Waals surface area contributed by atoms with Crippen molar-refractivity contribution in [3.63, 3.8) is 0 Å². The van der Waals surface area contributed by atoms with Gasteiger partial charge in [-0.1, -0.05) is 34.1 Å². The second-order valence-electron chi connectivity index (χ2n) is 4.68. The van der Waals surface area contributed by atoms with Crippen molar-refractivity contribution in [3.8, 4) is 11.5 Å². The number of para-hydroxylation sites is 1. The zero-order chi connectivity index (χ0) is 16.7. The van der Waals surface area contributed by atoms with Gasteiger partial charge in [0.15, 0.2) is 12.9 Å². The summed E-state index contributed by atoms with van der Waals surface area (Å²) in [6.45, 7) is 0.171. The number of carbonyl (C=O) groups excluding carboxylic acids is 2. The molecule has 0 saturated heterocycles. The van der Waals surface area contributed by atoms with Crippen molar-refractivity contribution in [3.05, 3.63) is 58.1 Å². The molecule has 0 saturated carbocycles. The predicted molar refractivity (Wildman–Crippen MR) is 89.9 cm³/mol. The average Bonchev–Trinajstić information content (AvgIpc) is 2.58. The number of amides is 1. The van der Waals surface area contributed by atoms with E-state index in [9.17, 15) is 9.59 Å². The van der Waals surface area contributed by atoms with Gasteiger partial charge in [0.05, 0.1) is 12.7 Å². The molecule has 0 unspecified atom stereocenters. The van der Waals surface area contributed by atoms with Crippen molar-refractivity contribution < 1.29 is 19.1 Å². The van der Waals surface area contributed by atoms with Gasteiger partial charge in [0, 0.05) is 16.6 Å². The fourth-order valence-electron chi connectivity index (χ4n) is 1.98. The first-order valence-corrected chi connectivity index (χ1v) is 7.69. The number of hydrogen-bond donors (Lipinski definition) is 1. The Hall–Kier alpha value is -2.34. The van der Waals surface area contributed by atoms with Gasteiger partial charge >= 0.3 is 0 Å². The number of methoxy groups -OCH3 is 1. The highest BCUT2D eigenvalue weighted by Crippen LogP contribution is 2.21. The molecular weight excluding hydrogens is 362 g/mol. The summed E-state index contributed by atoms with van der Waals surface area (Å²) in [7, 11) is 1.58. The maximum atomic E-state index is 11.9. The summed E-state index contributed by atoms with van der Waals surface area (Å²) >= 11 is 3.28. The normalized spacial score (nSPS) is 10.0. The van der Waals surface area contributed by atoms with E-state index in [1.807, 2.05) is 24.3 Å². The van der Waals surface area contributed by atoms with Crippen LogP contribution in [0.2, 0.25) is 0 Å². The van der Waals surface area contributed by atoms with E-state index in [2.05, 4.69) is 21.2 Å². The maximum Gasteiger partial charge on any atom is 0.258 e. The molecule has 5 nitrogen and oxygen atoms in total. The van der Waals surface area contributed by atoms with Crippen LogP contribution < -0.4 is 14.8 Å². The van der Waals surface area contributed by atoms with Crippen LogP contribution in [0.3, 0.4) is 0 Å². The van der Waals surface area contributed by atoms with E-state index >= 15 is 0 Å². The van der Waals surface area contributed by atoms with Crippen LogP contribution >= 0.6 is 15.9 Å². The summed E-state index contributed by atoms with van der Waals surface area (Å²) in [6, 6.07) is 12.5. The van der Waals surface area contributed by atoms with Crippen LogP contribution in [0.4, 0.5) is 0 Å². The van der Waals surface area contributed by atoms with Gasteiger partial charge in [-0.25, -0.2) is 0 Å². The third-order valence-corrected chi connectivity index (χ3v) is 3.62. The fourth-order valence-corrected chi connectivity index (χ4v) is 2.36. The van der Waals surface area contributed by atoms with E-state index in [1.165, 1.54) is 0 Å². The number of benzene rings is 2. The van der Waals surface area contributed by atoms with Crippen molar-refractivity contribution >= 4 is 28.1 Å². The number of ether oxygens (including phenoxy) is 2. The molecule has 0 spiro atoms. The predicted octanol–water partition coefficient (Wildman–Crippen LogP) is 2.97. The molecule has 0 aliphatic heterocycles. The Labute approximate surface area is 142 Å². The summed E-state index contributed by atoms with van der Waals surface area (Å²) in [5.74, 6) is 0.802. The summed E-state index contributed by atoms with van der Waals surface area (Å²) in [5, 5.41) is 2.75. The summed E-state index contributed by atoms with van der Waals surface area (Å²) in [6.07, 6.45) is 0.687. The fraction of sp³-hybridized carbons (Fsp3) is 0.176. The molecule has 23 heavy (non-hydrogen) atoms. The molecule has 0 aliphatic carbocycles. The van der Waals surface area contributed by atoms with Crippen molar-refractivity contribution in [1.82, 2.24) is 5.32 Å². The molecule has 1 amide bonds. The summed E-state index contributed by atoms with van der Waals surface area (Å²) in [4.78, 5) is 22.9. The molecule has 2 aromatic rings. The van der Waals surface area contributed by atoms with Crippen molar-refractivity contribution in [2.45, 2.75) is 6.54 Å². The molecule has 6 heteroatoms. The molecule has 2 aromatic carbocycles. The van der Waals surface area contributed by atoms with E-state index in [1.54, 1.807) is 25.3 Å². The molecule has 2 rings (SSSR count). The minimum absolute atomic E-state index is 0.169. The Bertz CT molecular complexity index is 703. The van der Waals surface area contributed by atoms with Gasteiger partial charge in [-0.15, -0.1) is 0 Å². The van der Waals surface area contributed by atoms with Gasteiger partial charge in [0.1, 0.15) is 11.5 Å². The largest absolute Gasteiger partial charge is 0.496 e. The van der Waals surface area contributed by atoms with Gasteiger partial charge in [-0.05, 0) is 24.3 Å². The Balaban J connectivity index is 1.89. The molecule has 0 radical (unpaired) electrons. The van der Waals surface area contributed by atoms with Crippen LogP contribution in [-0.2, 0) is 11.3 Å². The number of hydrogen-bond acceptors (Lipinski definition) is 4. The summed E-state index contributed by atoms with van der Waals surface area (Å²) < 4.78 is 11.4. The zero-order valence-electron chi connectivity index (χ0n) is 12.5. The van der Waals surface area contributed by atoms with Crippen LogP contribution in [0.15, 0.2) is 46.9 Å². The van der Waals surface area contributed by atoms with Crippen LogP contribution in [0, 0.1) is 0 Å². The van der Waals surface area contributed by atoms with Crippen molar-refractivity contribution in [2.75, 3.05) is 13.7 Å². The first-order valence-electron chi connectivity index (χ1n) is 6.90. The molecule has 0 bridgehead atoms. The summed E-state index contributed by atoms with van der Waals surface area (Å²) in [5.41, 5.74) is 1.26. The Morgan fingerprint density at radius 3 is 2.74 bits per heavy atom. The number of aldehydes is 1. The van der Waals surface area contributed by atoms with Gasteiger partial charge in [0.25, 0.3) is 5.91 Å². The molecule has 120 valence electrons. The number of rotatable bonds is 7.